The molecule has 0 saturated carbocycles. The lowest BCUT2D eigenvalue weighted by Crippen LogP contribution is -2.31. The Morgan fingerprint density at radius 2 is 2.28 bits per heavy atom. The van der Waals surface area contributed by atoms with Crippen LogP contribution in [0, 0.1) is 0 Å². The molecule has 0 fully saturated rings. The lowest BCUT2D eigenvalue weighted by atomic mass is 9.94. The zero-order chi connectivity index (χ0) is 13.0. The first-order valence-electron chi connectivity index (χ1n) is 6.76. The summed E-state index contributed by atoms with van der Waals surface area (Å²) in [4.78, 5) is 0. The molecule has 0 amide bonds. The van der Waals surface area contributed by atoms with Gasteiger partial charge in [-0.25, -0.2) is 0 Å². The Kier molecular flexibility index (Phi) is 4.61. The Labute approximate surface area is 109 Å². The Balaban J connectivity index is 2.21. The maximum Gasteiger partial charge on any atom is 0.124 e. The number of nitrogens with one attached hydrogen (secondary N) is 1. The Morgan fingerprint density at radius 3 is 3.00 bits per heavy atom. The van der Waals surface area contributed by atoms with Crippen LogP contribution in [-0.4, -0.2) is 26.4 Å². The molecule has 3 heteroatoms. The summed E-state index contributed by atoms with van der Waals surface area (Å²) in [5.41, 5.74) is 2.61. The molecule has 100 valence electrons. The maximum absolute atomic E-state index is 5.90. The highest BCUT2D eigenvalue weighted by Gasteiger charge is 2.25. The van der Waals surface area contributed by atoms with Gasteiger partial charge < -0.3 is 14.8 Å². The number of benzene rings is 1. The summed E-state index contributed by atoms with van der Waals surface area (Å²) < 4.78 is 11.0. The van der Waals surface area contributed by atoms with Gasteiger partial charge in [0.05, 0.1) is 12.7 Å². The molecule has 0 aliphatic carbocycles. The molecule has 3 nitrogen and oxygen atoms in total. The predicted molar refractivity (Wildman–Crippen MR) is 73.1 cm³/mol. The van der Waals surface area contributed by atoms with Crippen LogP contribution >= 0.6 is 0 Å². The molecule has 0 spiro atoms. The molecule has 18 heavy (non-hydrogen) atoms. The SMILES string of the molecule is CCNC1CC(C)Oc2ccc(CCOC)cc21. The van der Waals surface area contributed by atoms with Crippen molar-refractivity contribution >= 4 is 0 Å². The first-order chi connectivity index (χ1) is 8.74. The van der Waals surface area contributed by atoms with E-state index in [0.717, 1.165) is 31.7 Å². The largest absolute Gasteiger partial charge is 0.490 e. The average molecular weight is 249 g/mol. The Hall–Kier alpha value is -1.06. The van der Waals surface area contributed by atoms with Gasteiger partial charge in [-0.2, -0.15) is 0 Å². The molecular formula is C15H23NO2. The zero-order valence-electron chi connectivity index (χ0n) is 11.5. The van der Waals surface area contributed by atoms with Crippen molar-refractivity contribution in [3.63, 3.8) is 0 Å². The average Bonchev–Trinajstić information content (AvgIpc) is 2.37. The molecule has 1 aliphatic rings. The number of rotatable bonds is 5. The standard InChI is InChI=1S/C15H23NO2/c1-4-16-14-9-11(2)18-15-6-5-12(7-8-17-3)10-13(14)15/h5-6,10-11,14,16H,4,7-9H2,1-3H3. The van der Waals surface area contributed by atoms with Crippen LogP contribution in [-0.2, 0) is 11.2 Å². The summed E-state index contributed by atoms with van der Waals surface area (Å²) in [5, 5.41) is 3.54. The summed E-state index contributed by atoms with van der Waals surface area (Å²) >= 11 is 0. The van der Waals surface area contributed by atoms with E-state index >= 15 is 0 Å². The predicted octanol–water partition coefficient (Wildman–Crippen LogP) is 2.70. The fourth-order valence-electron chi connectivity index (χ4n) is 2.52. The van der Waals surface area contributed by atoms with Gasteiger partial charge in [-0.05, 0) is 31.5 Å². The molecule has 0 aromatic heterocycles. The molecule has 0 bridgehead atoms. The molecule has 1 N–H and O–H groups in total. The minimum absolute atomic E-state index is 0.284. The van der Waals surface area contributed by atoms with E-state index in [9.17, 15) is 0 Å². The fraction of sp³-hybridized carbons (Fsp3) is 0.600. The van der Waals surface area contributed by atoms with Gasteiger partial charge in [0.15, 0.2) is 0 Å². The van der Waals surface area contributed by atoms with Crippen LogP contribution in [0.1, 0.15) is 37.4 Å². The number of fused-ring (bicyclic) bond motifs is 1. The third kappa shape index (κ3) is 3.03. The fourth-order valence-corrected chi connectivity index (χ4v) is 2.52. The van der Waals surface area contributed by atoms with Crippen molar-refractivity contribution in [1.82, 2.24) is 5.32 Å². The number of methoxy groups -OCH3 is 1. The van der Waals surface area contributed by atoms with Crippen molar-refractivity contribution < 1.29 is 9.47 Å². The van der Waals surface area contributed by atoms with Crippen LogP contribution < -0.4 is 10.1 Å². The van der Waals surface area contributed by atoms with Gasteiger partial charge in [0, 0.05) is 25.1 Å². The van der Waals surface area contributed by atoms with Crippen molar-refractivity contribution in [1.29, 1.82) is 0 Å². The van der Waals surface area contributed by atoms with Crippen molar-refractivity contribution in [3.05, 3.63) is 29.3 Å². The second kappa shape index (κ2) is 6.21. The van der Waals surface area contributed by atoms with Crippen LogP contribution in [0.3, 0.4) is 0 Å². The topological polar surface area (TPSA) is 30.5 Å². The number of ether oxygens (including phenoxy) is 2. The van der Waals surface area contributed by atoms with Crippen LogP contribution in [0.25, 0.3) is 0 Å². The van der Waals surface area contributed by atoms with Crippen molar-refractivity contribution in [2.45, 2.75) is 38.8 Å². The van der Waals surface area contributed by atoms with Crippen LogP contribution in [0.4, 0.5) is 0 Å². The van der Waals surface area contributed by atoms with Gasteiger partial charge in [-0.1, -0.05) is 19.1 Å². The molecule has 1 aliphatic heterocycles. The summed E-state index contributed by atoms with van der Waals surface area (Å²) in [6.07, 6.45) is 2.28. The second-order valence-electron chi connectivity index (χ2n) is 4.89. The molecule has 0 radical (unpaired) electrons. The lowest BCUT2D eigenvalue weighted by molar-refractivity contribution is 0.167. The third-order valence-corrected chi connectivity index (χ3v) is 3.39. The Morgan fingerprint density at radius 1 is 1.44 bits per heavy atom. The summed E-state index contributed by atoms with van der Waals surface area (Å²) in [5.74, 6) is 1.03. The highest BCUT2D eigenvalue weighted by Crippen LogP contribution is 2.35. The van der Waals surface area contributed by atoms with E-state index in [0.29, 0.717) is 6.04 Å². The van der Waals surface area contributed by atoms with E-state index < -0.39 is 0 Å². The maximum atomic E-state index is 5.90. The first kappa shape index (κ1) is 13.4. The van der Waals surface area contributed by atoms with Gasteiger partial charge in [0.1, 0.15) is 5.75 Å². The molecule has 1 aromatic rings. The first-order valence-corrected chi connectivity index (χ1v) is 6.76. The monoisotopic (exact) mass is 249 g/mol. The van der Waals surface area contributed by atoms with E-state index in [4.69, 9.17) is 9.47 Å². The number of hydrogen-bond donors (Lipinski definition) is 1. The smallest absolute Gasteiger partial charge is 0.124 e. The molecule has 2 rings (SSSR count). The molecule has 2 unspecified atom stereocenters. The number of hydrogen-bond acceptors (Lipinski definition) is 3. The van der Waals surface area contributed by atoms with Crippen molar-refractivity contribution in [3.8, 4) is 5.75 Å². The second-order valence-corrected chi connectivity index (χ2v) is 4.89. The minimum atomic E-state index is 0.284. The molecule has 0 saturated heterocycles. The third-order valence-electron chi connectivity index (χ3n) is 3.39. The highest BCUT2D eigenvalue weighted by molar-refractivity contribution is 5.41. The molecular weight excluding hydrogens is 226 g/mol. The lowest BCUT2D eigenvalue weighted by Gasteiger charge is -2.31. The van der Waals surface area contributed by atoms with Crippen molar-refractivity contribution in [2.24, 2.45) is 0 Å². The van der Waals surface area contributed by atoms with E-state index in [1.807, 2.05) is 0 Å². The van der Waals surface area contributed by atoms with Crippen LogP contribution in [0.2, 0.25) is 0 Å². The van der Waals surface area contributed by atoms with Crippen LogP contribution in [0.5, 0.6) is 5.75 Å². The Bertz CT molecular complexity index is 392. The van der Waals surface area contributed by atoms with E-state index in [1.54, 1.807) is 7.11 Å². The minimum Gasteiger partial charge on any atom is -0.490 e. The molecule has 1 aromatic carbocycles. The van der Waals surface area contributed by atoms with Gasteiger partial charge in [0.25, 0.3) is 0 Å². The van der Waals surface area contributed by atoms with Crippen LogP contribution in [0.15, 0.2) is 18.2 Å². The van der Waals surface area contributed by atoms with Gasteiger partial charge >= 0.3 is 0 Å². The van der Waals surface area contributed by atoms with E-state index in [1.165, 1.54) is 11.1 Å². The van der Waals surface area contributed by atoms with Gasteiger partial charge in [-0.15, -0.1) is 0 Å². The van der Waals surface area contributed by atoms with Gasteiger partial charge in [-0.3, -0.25) is 0 Å². The van der Waals surface area contributed by atoms with E-state index in [-0.39, 0.29) is 6.10 Å². The van der Waals surface area contributed by atoms with E-state index in [2.05, 4.69) is 37.4 Å². The molecule has 2 atom stereocenters. The quantitative estimate of drug-likeness (QED) is 0.870. The normalized spacial score (nSPS) is 22.4. The highest BCUT2D eigenvalue weighted by atomic mass is 16.5. The van der Waals surface area contributed by atoms with Gasteiger partial charge in [0.2, 0.25) is 0 Å². The molecule has 1 heterocycles. The summed E-state index contributed by atoms with van der Waals surface area (Å²) in [6, 6.07) is 6.91. The zero-order valence-corrected chi connectivity index (χ0v) is 11.5. The van der Waals surface area contributed by atoms with Crippen molar-refractivity contribution in [2.75, 3.05) is 20.3 Å². The summed E-state index contributed by atoms with van der Waals surface area (Å²) in [6.45, 7) is 6.03. The summed E-state index contributed by atoms with van der Waals surface area (Å²) in [7, 11) is 1.74.